The Labute approximate surface area is 167 Å². The second-order valence-corrected chi connectivity index (χ2v) is 7.72. The molecule has 6 nitrogen and oxygen atoms in total. The number of anilines is 1. The number of alkyl halides is 6. The number of urea groups is 1. The first-order chi connectivity index (χ1) is 14.0. The lowest BCUT2D eigenvalue weighted by Crippen LogP contribution is -2.43. The highest BCUT2D eigenvalue weighted by Crippen LogP contribution is 2.44. The summed E-state index contributed by atoms with van der Waals surface area (Å²) in [5.41, 5.74) is -0.780. The predicted octanol–water partition coefficient (Wildman–Crippen LogP) is 3.98. The number of nitrogens with zero attached hydrogens (tertiary/aromatic N) is 2. The molecule has 0 spiro atoms. The van der Waals surface area contributed by atoms with E-state index in [4.69, 9.17) is 0 Å². The van der Waals surface area contributed by atoms with E-state index in [1.54, 1.807) is 0 Å². The number of aromatic nitrogens is 2. The van der Waals surface area contributed by atoms with Gasteiger partial charge in [-0.25, -0.2) is 9.78 Å². The molecule has 1 saturated carbocycles. The monoisotopic (exact) mass is 435 g/mol. The van der Waals surface area contributed by atoms with Gasteiger partial charge in [0.05, 0.1) is 11.3 Å². The lowest BCUT2D eigenvalue weighted by Gasteiger charge is -2.23. The van der Waals surface area contributed by atoms with Crippen molar-refractivity contribution >= 4 is 22.8 Å². The van der Waals surface area contributed by atoms with E-state index in [2.05, 4.69) is 15.3 Å². The summed E-state index contributed by atoms with van der Waals surface area (Å²) >= 11 is 0. The number of H-pyrrole nitrogens is 1. The van der Waals surface area contributed by atoms with Crippen LogP contribution in [0.25, 0.3) is 11.0 Å². The molecule has 4 rings (SSSR count). The second kappa shape index (κ2) is 7.24. The van der Waals surface area contributed by atoms with Crippen LogP contribution in [0, 0.1) is 11.8 Å². The molecule has 12 heteroatoms. The Hall–Kier alpha value is -2.66. The first kappa shape index (κ1) is 20.6. The largest absolute Gasteiger partial charge is 0.419 e. The van der Waals surface area contributed by atoms with Gasteiger partial charge in [0.15, 0.2) is 0 Å². The van der Waals surface area contributed by atoms with E-state index in [1.807, 2.05) is 5.32 Å². The summed E-state index contributed by atoms with van der Waals surface area (Å²) in [5.74, 6) is 0.0747. The van der Waals surface area contributed by atoms with E-state index >= 15 is 0 Å². The average molecular weight is 435 g/mol. The van der Waals surface area contributed by atoms with Crippen LogP contribution < -0.4 is 10.6 Å². The number of hydrogen-bond acceptors (Lipinski definition) is 3. The molecule has 0 bridgehead atoms. The van der Waals surface area contributed by atoms with E-state index in [0.717, 1.165) is 19.0 Å². The van der Waals surface area contributed by atoms with Gasteiger partial charge in [0.25, 0.3) is 0 Å². The van der Waals surface area contributed by atoms with Gasteiger partial charge in [-0.15, -0.1) is 0 Å². The molecule has 2 atom stereocenters. The highest BCUT2D eigenvalue weighted by Gasteiger charge is 2.45. The van der Waals surface area contributed by atoms with Gasteiger partial charge in [-0.1, -0.05) is 0 Å². The fraction of sp³-hybridized carbons (Fsp3) is 0.556. The molecule has 0 radical (unpaired) electrons. The third-order valence-corrected chi connectivity index (χ3v) is 5.54. The number of likely N-dealkylation sites (tertiary alicyclic amines) is 1. The fourth-order valence-corrected chi connectivity index (χ4v) is 4.00. The summed E-state index contributed by atoms with van der Waals surface area (Å²) in [6.45, 7) is -1.26. The van der Waals surface area contributed by atoms with Gasteiger partial charge in [0.2, 0.25) is 0 Å². The smallest absolute Gasteiger partial charge is 0.379 e. The van der Waals surface area contributed by atoms with Crippen LogP contribution in [-0.4, -0.2) is 52.8 Å². The van der Waals surface area contributed by atoms with Gasteiger partial charge in [0, 0.05) is 42.8 Å². The minimum Gasteiger partial charge on any atom is -0.379 e. The molecular weight excluding hydrogens is 416 g/mol. The van der Waals surface area contributed by atoms with Crippen molar-refractivity contribution in [1.29, 1.82) is 0 Å². The molecule has 1 unspecified atom stereocenters. The summed E-state index contributed by atoms with van der Waals surface area (Å²) in [5, 5.41) is 5.04. The van der Waals surface area contributed by atoms with Crippen LogP contribution in [0.3, 0.4) is 0 Å². The number of fused-ring (bicyclic) bond motifs is 1. The minimum atomic E-state index is -4.64. The Morgan fingerprint density at radius 3 is 2.57 bits per heavy atom. The molecular formula is C18H19F6N5O. The predicted molar refractivity (Wildman–Crippen MR) is 95.7 cm³/mol. The molecule has 1 saturated heterocycles. The van der Waals surface area contributed by atoms with E-state index in [0.29, 0.717) is 0 Å². The summed E-state index contributed by atoms with van der Waals surface area (Å²) in [4.78, 5) is 20.0. The Kier molecular flexibility index (Phi) is 4.97. The van der Waals surface area contributed by atoms with Crippen molar-refractivity contribution in [3.05, 3.63) is 24.0 Å². The second-order valence-electron chi connectivity index (χ2n) is 7.72. The van der Waals surface area contributed by atoms with Gasteiger partial charge in [0.1, 0.15) is 12.2 Å². The zero-order valence-electron chi connectivity index (χ0n) is 15.6. The number of amides is 2. The molecule has 2 aromatic rings. The number of carbonyl (C=O) groups excluding carboxylic acids is 1. The van der Waals surface area contributed by atoms with Crippen LogP contribution in [0.5, 0.6) is 0 Å². The van der Waals surface area contributed by atoms with Gasteiger partial charge in [-0.05, 0) is 24.8 Å². The molecule has 2 aromatic heterocycles. The maximum atomic E-state index is 13.6. The number of pyridine rings is 1. The zero-order chi connectivity index (χ0) is 21.7. The topological polar surface area (TPSA) is 73.1 Å². The van der Waals surface area contributed by atoms with Crippen molar-refractivity contribution in [2.75, 3.05) is 25.0 Å². The fourth-order valence-electron chi connectivity index (χ4n) is 4.00. The third-order valence-electron chi connectivity index (χ3n) is 5.54. The third kappa shape index (κ3) is 4.26. The van der Waals surface area contributed by atoms with Crippen molar-refractivity contribution in [3.8, 4) is 0 Å². The highest BCUT2D eigenvalue weighted by molar-refractivity contribution is 5.91. The number of hydrogen-bond donors (Lipinski definition) is 3. The van der Waals surface area contributed by atoms with E-state index in [1.165, 1.54) is 17.2 Å². The Morgan fingerprint density at radius 1 is 1.20 bits per heavy atom. The molecule has 3 heterocycles. The minimum absolute atomic E-state index is 0.0103. The molecule has 3 N–H and O–H groups in total. The number of carbonyl (C=O) groups is 1. The van der Waals surface area contributed by atoms with Crippen LogP contribution in [-0.2, 0) is 6.18 Å². The standard InChI is InChI=1S/C18H19F6N5O/c19-17(20,21)8-27-16(30)29-6-11(9-1-2-9)13(7-29)28-14-10-3-4-25-15(10)26-5-12(14)18(22,23)24/h3-5,9,11,13H,1-2,6-8H2,(H,27,30)(H2,25,26,28)/t11?,13-/m0/s1. The Bertz CT molecular complexity index is 935. The average Bonchev–Trinajstić information content (AvgIpc) is 3.21. The van der Waals surface area contributed by atoms with Gasteiger partial charge >= 0.3 is 18.4 Å². The molecule has 2 fully saturated rings. The van der Waals surface area contributed by atoms with E-state index in [-0.39, 0.29) is 41.6 Å². The van der Waals surface area contributed by atoms with Crippen LogP contribution in [0.4, 0.5) is 36.8 Å². The van der Waals surface area contributed by atoms with Gasteiger partial charge in [-0.3, -0.25) is 0 Å². The first-order valence-corrected chi connectivity index (χ1v) is 9.42. The van der Waals surface area contributed by atoms with Crippen LogP contribution in [0.15, 0.2) is 18.5 Å². The highest BCUT2D eigenvalue weighted by atomic mass is 19.4. The number of nitrogens with one attached hydrogen (secondary N) is 3. The normalized spacial score (nSPS) is 22.5. The lowest BCUT2D eigenvalue weighted by atomic mass is 9.97. The Morgan fingerprint density at radius 2 is 1.93 bits per heavy atom. The zero-order valence-corrected chi connectivity index (χ0v) is 15.6. The molecule has 1 aliphatic carbocycles. The molecule has 0 aromatic carbocycles. The van der Waals surface area contributed by atoms with Gasteiger partial charge in [-0.2, -0.15) is 26.3 Å². The van der Waals surface area contributed by atoms with E-state index in [9.17, 15) is 31.1 Å². The molecule has 1 aliphatic heterocycles. The molecule has 30 heavy (non-hydrogen) atoms. The van der Waals surface area contributed by atoms with Crippen molar-refractivity contribution in [3.63, 3.8) is 0 Å². The number of rotatable bonds is 4. The summed E-state index contributed by atoms with van der Waals surface area (Å²) in [6.07, 6.45) is -5.20. The SMILES string of the molecule is O=C(NCC(F)(F)F)N1CC(C2CC2)[C@@H](Nc2c(C(F)(F)F)cnc3[nH]ccc23)C1. The van der Waals surface area contributed by atoms with Crippen LogP contribution in [0.1, 0.15) is 18.4 Å². The summed E-state index contributed by atoms with van der Waals surface area (Å²) in [6, 6.07) is 0.0880. The molecule has 2 amide bonds. The first-order valence-electron chi connectivity index (χ1n) is 9.42. The molecule has 164 valence electrons. The lowest BCUT2D eigenvalue weighted by molar-refractivity contribution is -0.137. The van der Waals surface area contributed by atoms with Crippen LogP contribution in [0.2, 0.25) is 0 Å². The van der Waals surface area contributed by atoms with Crippen LogP contribution >= 0.6 is 0 Å². The Balaban J connectivity index is 1.58. The maximum absolute atomic E-state index is 13.6. The maximum Gasteiger partial charge on any atom is 0.419 e. The number of halogens is 6. The summed E-state index contributed by atoms with van der Waals surface area (Å²) in [7, 11) is 0. The van der Waals surface area contributed by atoms with Crippen molar-refractivity contribution in [2.24, 2.45) is 11.8 Å². The van der Waals surface area contributed by atoms with Crippen molar-refractivity contribution in [2.45, 2.75) is 31.2 Å². The van der Waals surface area contributed by atoms with Gasteiger partial charge < -0.3 is 20.5 Å². The van der Waals surface area contributed by atoms with Crippen molar-refractivity contribution < 1.29 is 31.1 Å². The van der Waals surface area contributed by atoms with Crippen molar-refractivity contribution in [1.82, 2.24) is 20.2 Å². The quantitative estimate of drug-likeness (QED) is 0.637. The number of aromatic amines is 1. The molecule has 2 aliphatic rings. The summed E-state index contributed by atoms with van der Waals surface area (Å²) < 4.78 is 77.9. The van der Waals surface area contributed by atoms with E-state index < -0.39 is 36.5 Å².